The molecule has 1 heterocycles. The summed E-state index contributed by atoms with van der Waals surface area (Å²) in [5.74, 6) is -1.16. The topological polar surface area (TPSA) is 29.5 Å². The van der Waals surface area contributed by atoms with Crippen molar-refractivity contribution < 1.29 is 18.3 Å². The highest BCUT2D eigenvalue weighted by atomic mass is 79.9. The Morgan fingerprint density at radius 3 is 2.58 bits per heavy atom. The maximum absolute atomic E-state index is 14.0. The molecule has 1 amide bonds. The summed E-state index contributed by atoms with van der Waals surface area (Å²) in [5, 5.41) is -3.47. The maximum Gasteiger partial charge on any atom is 0.375 e. The van der Waals surface area contributed by atoms with E-state index in [4.69, 9.17) is 4.74 Å². The van der Waals surface area contributed by atoms with Crippen molar-refractivity contribution >= 4 is 33.6 Å². The van der Waals surface area contributed by atoms with E-state index in [0.29, 0.717) is 22.6 Å². The predicted molar refractivity (Wildman–Crippen MR) is 72.3 cm³/mol. The Labute approximate surface area is 122 Å². The van der Waals surface area contributed by atoms with Gasteiger partial charge >= 0.3 is 11.2 Å². The summed E-state index contributed by atoms with van der Waals surface area (Å²) < 4.78 is 33.6. The number of rotatable bonds is 3. The lowest BCUT2D eigenvalue weighted by molar-refractivity contribution is -0.150. The number of alkyl halides is 2. The highest BCUT2D eigenvalue weighted by Crippen LogP contribution is 2.40. The van der Waals surface area contributed by atoms with E-state index in [1.807, 2.05) is 0 Å². The minimum atomic E-state index is -3.47. The van der Waals surface area contributed by atoms with Crippen molar-refractivity contribution in [2.75, 3.05) is 26.3 Å². The number of halogens is 3. The summed E-state index contributed by atoms with van der Waals surface area (Å²) >= 11 is 3.46. The highest BCUT2D eigenvalue weighted by Gasteiger charge is 2.44. The molecular weight excluding hydrogens is 340 g/mol. The molecule has 0 aliphatic carbocycles. The molecule has 0 spiro atoms. The normalized spacial score (nSPS) is 16.5. The van der Waals surface area contributed by atoms with Gasteiger partial charge in [-0.3, -0.25) is 4.79 Å². The lowest BCUT2D eigenvalue weighted by Crippen LogP contribution is -2.47. The third kappa shape index (κ3) is 3.67. The van der Waals surface area contributed by atoms with Crippen molar-refractivity contribution in [1.82, 2.24) is 4.90 Å². The van der Waals surface area contributed by atoms with Crippen molar-refractivity contribution in [3.63, 3.8) is 0 Å². The molecule has 1 aromatic carbocycles. The zero-order valence-electron chi connectivity index (χ0n) is 9.94. The van der Waals surface area contributed by atoms with Gasteiger partial charge in [0.2, 0.25) is 0 Å². The molecule has 19 heavy (non-hydrogen) atoms. The number of hydrogen-bond donors (Lipinski definition) is 0. The van der Waals surface area contributed by atoms with Gasteiger partial charge in [-0.15, -0.1) is 0 Å². The van der Waals surface area contributed by atoms with E-state index in [1.54, 1.807) is 24.3 Å². The van der Waals surface area contributed by atoms with Crippen molar-refractivity contribution in [3.8, 4) is 0 Å². The van der Waals surface area contributed by atoms with E-state index in [1.165, 1.54) is 0 Å². The second kappa shape index (κ2) is 6.19. The minimum Gasteiger partial charge on any atom is -0.378 e. The fourth-order valence-electron chi connectivity index (χ4n) is 1.66. The molecule has 0 atom stereocenters. The van der Waals surface area contributed by atoms with Crippen LogP contribution in [0.1, 0.15) is 0 Å². The second-order valence-electron chi connectivity index (χ2n) is 3.95. The summed E-state index contributed by atoms with van der Waals surface area (Å²) in [6.07, 6.45) is 0. The van der Waals surface area contributed by atoms with E-state index >= 15 is 0 Å². The van der Waals surface area contributed by atoms with Crippen LogP contribution in [0.4, 0.5) is 8.78 Å². The standard InChI is InChI=1S/C12H12BrF2NO2S/c13-9-3-1-2-4-10(9)19-12(14,15)11(17)16-5-7-18-8-6-16/h1-4H,5-8H2. The van der Waals surface area contributed by atoms with Gasteiger partial charge in [0.1, 0.15) is 0 Å². The van der Waals surface area contributed by atoms with Crippen LogP contribution >= 0.6 is 27.7 Å². The fourth-order valence-corrected chi connectivity index (χ4v) is 2.99. The van der Waals surface area contributed by atoms with Crippen LogP contribution in [0.25, 0.3) is 0 Å². The average molecular weight is 352 g/mol. The van der Waals surface area contributed by atoms with Crippen LogP contribution in [-0.2, 0) is 9.53 Å². The van der Waals surface area contributed by atoms with Gasteiger partial charge in [-0.2, -0.15) is 8.78 Å². The summed E-state index contributed by atoms with van der Waals surface area (Å²) in [4.78, 5) is 13.3. The summed E-state index contributed by atoms with van der Waals surface area (Å²) in [6.45, 7) is 1.04. The first-order chi connectivity index (χ1) is 9.00. The first-order valence-electron chi connectivity index (χ1n) is 5.69. The monoisotopic (exact) mass is 351 g/mol. The van der Waals surface area contributed by atoms with Crippen LogP contribution in [0.2, 0.25) is 0 Å². The third-order valence-electron chi connectivity index (χ3n) is 2.62. The number of amides is 1. The van der Waals surface area contributed by atoms with E-state index in [-0.39, 0.29) is 24.9 Å². The third-order valence-corrected chi connectivity index (χ3v) is 4.58. The molecular formula is C12H12BrF2NO2S. The lowest BCUT2D eigenvalue weighted by Gasteiger charge is -2.29. The highest BCUT2D eigenvalue weighted by molar-refractivity contribution is 9.10. The maximum atomic E-state index is 14.0. The van der Waals surface area contributed by atoms with Gasteiger partial charge < -0.3 is 9.64 Å². The molecule has 7 heteroatoms. The second-order valence-corrected chi connectivity index (χ2v) is 5.96. The zero-order chi connectivity index (χ0) is 13.9. The molecule has 0 radical (unpaired) electrons. The Bertz CT molecular complexity index is 467. The Kier molecular flexibility index (Phi) is 4.81. The van der Waals surface area contributed by atoms with Gasteiger partial charge in [-0.1, -0.05) is 12.1 Å². The zero-order valence-corrected chi connectivity index (χ0v) is 12.3. The van der Waals surface area contributed by atoms with Gasteiger partial charge in [-0.05, 0) is 39.8 Å². The van der Waals surface area contributed by atoms with Crippen molar-refractivity contribution in [1.29, 1.82) is 0 Å². The quantitative estimate of drug-likeness (QED) is 0.784. The van der Waals surface area contributed by atoms with E-state index in [2.05, 4.69) is 15.9 Å². The first kappa shape index (κ1) is 14.7. The summed E-state index contributed by atoms with van der Waals surface area (Å²) in [5.41, 5.74) is 0. The van der Waals surface area contributed by atoms with Crippen LogP contribution in [0, 0.1) is 0 Å². The molecule has 0 aromatic heterocycles. The predicted octanol–water partition coefficient (Wildman–Crippen LogP) is 2.99. The number of benzene rings is 1. The van der Waals surface area contributed by atoms with Gasteiger partial charge in [0.15, 0.2) is 0 Å². The van der Waals surface area contributed by atoms with Crippen LogP contribution in [0.5, 0.6) is 0 Å². The fraction of sp³-hybridized carbons (Fsp3) is 0.417. The van der Waals surface area contributed by atoms with Gasteiger partial charge in [-0.25, -0.2) is 0 Å². The molecule has 3 nitrogen and oxygen atoms in total. The average Bonchev–Trinajstić information content (AvgIpc) is 2.41. The van der Waals surface area contributed by atoms with Crippen molar-refractivity contribution in [2.45, 2.75) is 10.2 Å². The number of carbonyl (C=O) groups excluding carboxylic acids is 1. The number of nitrogens with zero attached hydrogens (tertiary/aromatic N) is 1. The Hall–Kier alpha value is -0.660. The van der Waals surface area contributed by atoms with E-state index in [9.17, 15) is 13.6 Å². The van der Waals surface area contributed by atoms with Crippen molar-refractivity contribution in [2.24, 2.45) is 0 Å². The largest absolute Gasteiger partial charge is 0.378 e. The van der Waals surface area contributed by atoms with Crippen LogP contribution < -0.4 is 0 Å². The van der Waals surface area contributed by atoms with Gasteiger partial charge in [0, 0.05) is 22.5 Å². The molecule has 0 unspecified atom stereocenters. The molecule has 104 valence electrons. The minimum absolute atomic E-state index is 0.213. The smallest absolute Gasteiger partial charge is 0.375 e. The number of carbonyl (C=O) groups is 1. The molecule has 1 aliphatic rings. The van der Waals surface area contributed by atoms with Gasteiger partial charge in [0.25, 0.3) is 0 Å². The molecule has 1 aliphatic heterocycles. The molecule has 1 aromatic rings. The number of morpholine rings is 1. The van der Waals surface area contributed by atoms with E-state index < -0.39 is 11.2 Å². The Morgan fingerprint density at radius 1 is 1.32 bits per heavy atom. The van der Waals surface area contributed by atoms with Crippen LogP contribution in [-0.4, -0.2) is 42.4 Å². The first-order valence-corrected chi connectivity index (χ1v) is 7.30. The molecule has 1 fully saturated rings. The van der Waals surface area contributed by atoms with Crippen LogP contribution in [0.3, 0.4) is 0 Å². The molecule has 0 saturated carbocycles. The number of thioether (sulfide) groups is 1. The molecule has 0 N–H and O–H groups in total. The van der Waals surface area contributed by atoms with E-state index in [0.717, 1.165) is 4.90 Å². The number of hydrogen-bond acceptors (Lipinski definition) is 3. The lowest BCUT2D eigenvalue weighted by atomic mass is 10.4. The molecule has 0 bridgehead atoms. The van der Waals surface area contributed by atoms with Crippen LogP contribution in [0.15, 0.2) is 33.6 Å². The summed E-state index contributed by atoms with van der Waals surface area (Å²) in [6, 6.07) is 6.60. The number of ether oxygens (including phenoxy) is 1. The molecule has 2 rings (SSSR count). The Balaban J connectivity index is 2.08. The SMILES string of the molecule is O=C(N1CCOCC1)C(F)(F)Sc1ccccc1Br. The van der Waals surface area contributed by atoms with Crippen molar-refractivity contribution in [3.05, 3.63) is 28.7 Å². The van der Waals surface area contributed by atoms with Gasteiger partial charge in [0.05, 0.1) is 13.2 Å². The molecule has 1 saturated heterocycles. The Morgan fingerprint density at radius 2 is 1.95 bits per heavy atom. The summed E-state index contributed by atoms with van der Waals surface area (Å²) in [7, 11) is 0.